The molecule has 0 aliphatic heterocycles. The van der Waals surface area contributed by atoms with Gasteiger partial charge >= 0.3 is 0 Å². The number of anilines is 1. The molecule has 4 aromatic rings. The molecule has 0 fully saturated rings. The number of nitrogens with one attached hydrogen (secondary N) is 1. The van der Waals surface area contributed by atoms with Crippen molar-refractivity contribution in [3.63, 3.8) is 0 Å². The van der Waals surface area contributed by atoms with Crippen LogP contribution in [0.5, 0.6) is 11.6 Å². The number of hydrogen-bond donors (Lipinski definition) is 1. The van der Waals surface area contributed by atoms with Crippen molar-refractivity contribution < 1.29 is 13.2 Å². The fourth-order valence-electron chi connectivity index (χ4n) is 3.21. The molecule has 0 saturated heterocycles. The van der Waals surface area contributed by atoms with Crippen LogP contribution in [0.25, 0.3) is 5.82 Å². The van der Waals surface area contributed by atoms with E-state index in [1.807, 2.05) is 20.8 Å². The standard InChI is InChI=1S/C23H22BrN5O3S/c1-14-15(2)27-29(16(14)3)22-13-23(26-17(4)25-22)32-19-11-9-18(10-12-19)28-33(30,31)21-8-6-5-7-20(21)24/h5-13,28H,1-4H3. The predicted octanol–water partition coefficient (Wildman–Crippen LogP) is 5.25. The maximum atomic E-state index is 12.7. The fraction of sp³-hybridized carbons (Fsp3) is 0.174. The highest BCUT2D eigenvalue weighted by Gasteiger charge is 2.17. The third kappa shape index (κ3) is 4.91. The molecule has 8 nitrogen and oxygen atoms in total. The summed E-state index contributed by atoms with van der Waals surface area (Å²) in [7, 11) is -3.73. The Kier molecular flexibility index (Phi) is 6.22. The first-order chi connectivity index (χ1) is 15.6. The minimum Gasteiger partial charge on any atom is -0.439 e. The van der Waals surface area contributed by atoms with Gasteiger partial charge in [-0.3, -0.25) is 4.72 Å². The van der Waals surface area contributed by atoms with Gasteiger partial charge < -0.3 is 4.74 Å². The summed E-state index contributed by atoms with van der Waals surface area (Å²) < 4.78 is 36.1. The number of aryl methyl sites for hydroxylation is 2. The van der Waals surface area contributed by atoms with Gasteiger partial charge in [-0.15, -0.1) is 0 Å². The highest BCUT2D eigenvalue weighted by molar-refractivity contribution is 9.10. The molecule has 0 unspecified atom stereocenters. The number of benzene rings is 2. The van der Waals surface area contributed by atoms with Crippen LogP contribution < -0.4 is 9.46 Å². The van der Waals surface area contributed by atoms with Gasteiger partial charge in [0, 0.05) is 21.9 Å². The van der Waals surface area contributed by atoms with Crippen molar-refractivity contribution in [3.8, 4) is 17.4 Å². The van der Waals surface area contributed by atoms with Crippen molar-refractivity contribution in [2.24, 2.45) is 0 Å². The summed E-state index contributed by atoms with van der Waals surface area (Å²) in [4.78, 5) is 8.99. The quantitative estimate of drug-likeness (QED) is 0.367. The Morgan fingerprint density at radius 3 is 2.30 bits per heavy atom. The zero-order valence-electron chi connectivity index (χ0n) is 18.5. The first kappa shape index (κ1) is 22.9. The number of nitrogens with zero attached hydrogens (tertiary/aromatic N) is 4. The molecule has 33 heavy (non-hydrogen) atoms. The van der Waals surface area contributed by atoms with E-state index < -0.39 is 10.0 Å². The summed E-state index contributed by atoms with van der Waals surface area (Å²) in [5, 5.41) is 4.55. The van der Waals surface area contributed by atoms with Crippen LogP contribution in [-0.2, 0) is 10.0 Å². The molecule has 0 bridgehead atoms. The monoisotopic (exact) mass is 527 g/mol. The Morgan fingerprint density at radius 2 is 1.67 bits per heavy atom. The van der Waals surface area contributed by atoms with E-state index in [1.54, 1.807) is 60.1 Å². The summed E-state index contributed by atoms with van der Waals surface area (Å²) in [5.41, 5.74) is 3.45. The van der Waals surface area contributed by atoms with Crippen LogP contribution in [0.3, 0.4) is 0 Å². The van der Waals surface area contributed by atoms with Crippen LogP contribution in [0.4, 0.5) is 5.69 Å². The Balaban J connectivity index is 1.54. The lowest BCUT2D eigenvalue weighted by molar-refractivity contribution is 0.459. The summed E-state index contributed by atoms with van der Waals surface area (Å²) >= 11 is 3.27. The SMILES string of the molecule is Cc1nc(Oc2ccc(NS(=O)(=O)c3ccccc3Br)cc2)cc(-n2nc(C)c(C)c2C)n1. The largest absolute Gasteiger partial charge is 0.439 e. The topological polar surface area (TPSA) is 99.0 Å². The Morgan fingerprint density at radius 1 is 0.970 bits per heavy atom. The minimum atomic E-state index is -3.73. The van der Waals surface area contributed by atoms with E-state index in [9.17, 15) is 8.42 Å². The number of ether oxygens (including phenoxy) is 1. The van der Waals surface area contributed by atoms with Crippen molar-refractivity contribution in [2.45, 2.75) is 32.6 Å². The minimum absolute atomic E-state index is 0.161. The molecule has 2 heterocycles. The van der Waals surface area contributed by atoms with Gasteiger partial charge in [-0.05, 0) is 85.6 Å². The molecular weight excluding hydrogens is 506 g/mol. The number of aromatic nitrogens is 4. The van der Waals surface area contributed by atoms with Crippen LogP contribution in [0, 0.1) is 27.7 Å². The zero-order chi connectivity index (χ0) is 23.8. The van der Waals surface area contributed by atoms with Crippen molar-refractivity contribution in [1.29, 1.82) is 0 Å². The average molecular weight is 528 g/mol. The van der Waals surface area contributed by atoms with E-state index in [0.717, 1.165) is 17.0 Å². The molecule has 4 rings (SSSR count). The van der Waals surface area contributed by atoms with E-state index in [1.165, 1.54) is 6.07 Å². The summed E-state index contributed by atoms with van der Waals surface area (Å²) in [6, 6.07) is 14.9. The Labute approximate surface area is 200 Å². The van der Waals surface area contributed by atoms with E-state index >= 15 is 0 Å². The summed E-state index contributed by atoms with van der Waals surface area (Å²) in [5.74, 6) is 2.03. The molecule has 0 saturated carbocycles. The van der Waals surface area contributed by atoms with Crippen molar-refractivity contribution >= 4 is 31.6 Å². The molecular formula is C23H22BrN5O3S. The predicted molar refractivity (Wildman–Crippen MR) is 130 cm³/mol. The average Bonchev–Trinajstić information content (AvgIpc) is 3.02. The molecule has 0 aliphatic carbocycles. The molecule has 0 spiro atoms. The third-order valence-corrected chi connectivity index (χ3v) is 7.52. The van der Waals surface area contributed by atoms with Crippen molar-refractivity contribution in [2.75, 3.05) is 4.72 Å². The summed E-state index contributed by atoms with van der Waals surface area (Å²) in [6.07, 6.45) is 0. The second-order valence-corrected chi connectivity index (χ2v) is 9.99. The van der Waals surface area contributed by atoms with E-state index in [-0.39, 0.29) is 4.90 Å². The molecule has 170 valence electrons. The first-order valence-electron chi connectivity index (χ1n) is 10.1. The van der Waals surface area contributed by atoms with Crippen molar-refractivity contribution in [3.05, 3.63) is 81.8 Å². The number of halogens is 1. The van der Waals surface area contributed by atoms with Gasteiger partial charge in [0.15, 0.2) is 5.82 Å². The Bertz CT molecular complexity index is 1430. The van der Waals surface area contributed by atoms with E-state index in [0.29, 0.717) is 33.4 Å². The zero-order valence-corrected chi connectivity index (χ0v) is 20.9. The van der Waals surface area contributed by atoms with Gasteiger partial charge in [-0.25, -0.2) is 18.1 Å². The number of sulfonamides is 1. The maximum absolute atomic E-state index is 12.7. The van der Waals surface area contributed by atoms with Gasteiger partial charge in [-0.2, -0.15) is 10.1 Å². The highest BCUT2D eigenvalue weighted by atomic mass is 79.9. The molecule has 0 aliphatic rings. The van der Waals surface area contributed by atoms with Gasteiger partial charge in [-0.1, -0.05) is 12.1 Å². The van der Waals surface area contributed by atoms with Gasteiger partial charge in [0.25, 0.3) is 10.0 Å². The number of hydrogen-bond acceptors (Lipinski definition) is 6. The molecule has 1 N–H and O–H groups in total. The third-order valence-electron chi connectivity index (χ3n) is 5.13. The van der Waals surface area contributed by atoms with Gasteiger partial charge in [0.1, 0.15) is 16.5 Å². The van der Waals surface area contributed by atoms with Crippen LogP contribution in [0.1, 0.15) is 22.8 Å². The lowest BCUT2D eigenvalue weighted by atomic mass is 10.2. The van der Waals surface area contributed by atoms with Crippen LogP contribution >= 0.6 is 15.9 Å². The first-order valence-corrected chi connectivity index (χ1v) is 12.4. The van der Waals surface area contributed by atoms with Crippen LogP contribution in [-0.4, -0.2) is 28.2 Å². The van der Waals surface area contributed by atoms with Crippen LogP contribution in [0.15, 0.2) is 64.0 Å². The van der Waals surface area contributed by atoms with Gasteiger partial charge in [0.2, 0.25) is 5.88 Å². The lowest BCUT2D eigenvalue weighted by Crippen LogP contribution is -2.13. The number of rotatable bonds is 6. The smallest absolute Gasteiger partial charge is 0.263 e. The van der Waals surface area contributed by atoms with Gasteiger partial charge in [0.05, 0.1) is 5.69 Å². The second-order valence-electron chi connectivity index (χ2n) is 7.48. The Hall–Kier alpha value is -3.24. The molecule has 2 aromatic heterocycles. The summed E-state index contributed by atoms with van der Waals surface area (Å²) in [6.45, 7) is 7.75. The van der Waals surface area contributed by atoms with E-state index in [2.05, 4.69) is 35.7 Å². The highest BCUT2D eigenvalue weighted by Crippen LogP contribution is 2.27. The second kappa shape index (κ2) is 8.95. The van der Waals surface area contributed by atoms with E-state index in [4.69, 9.17) is 4.74 Å². The molecule has 10 heteroatoms. The van der Waals surface area contributed by atoms with Crippen LogP contribution in [0.2, 0.25) is 0 Å². The lowest BCUT2D eigenvalue weighted by Gasteiger charge is -2.11. The molecule has 0 amide bonds. The van der Waals surface area contributed by atoms with Crippen molar-refractivity contribution in [1.82, 2.24) is 19.7 Å². The molecule has 0 radical (unpaired) electrons. The molecule has 0 atom stereocenters. The normalized spacial score (nSPS) is 11.4. The molecule has 2 aromatic carbocycles. The maximum Gasteiger partial charge on any atom is 0.263 e. The fourth-order valence-corrected chi connectivity index (χ4v) is 5.28.